The number of piperidine rings is 1. The Morgan fingerprint density at radius 2 is 1.71 bits per heavy atom. The molecule has 0 bridgehead atoms. The first-order valence-electron chi connectivity index (χ1n) is 11.6. The second kappa shape index (κ2) is 10.9. The number of carbonyl (C=O) groups is 2. The van der Waals surface area contributed by atoms with Crippen molar-refractivity contribution >= 4 is 27.5 Å². The SMILES string of the molecule is Cc1ccc(CS(=O)(=O)N2CCC(C(=O)Nc3ccccc3C(=O)NCc3ccco3)CC2)cc1. The predicted molar refractivity (Wildman–Crippen MR) is 133 cm³/mol. The average molecular weight is 496 g/mol. The third-order valence-corrected chi connectivity index (χ3v) is 7.97. The molecule has 8 nitrogen and oxygen atoms in total. The molecule has 1 fully saturated rings. The minimum Gasteiger partial charge on any atom is -0.467 e. The van der Waals surface area contributed by atoms with Crippen molar-refractivity contribution in [1.29, 1.82) is 0 Å². The van der Waals surface area contributed by atoms with E-state index in [2.05, 4.69) is 10.6 Å². The second-order valence-corrected chi connectivity index (χ2v) is 10.7. The number of benzene rings is 2. The molecule has 2 N–H and O–H groups in total. The Hall–Kier alpha value is -3.43. The van der Waals surface area contributed by atoms with E-state index >= 15 is 0 Å². The molecule has 184 valence electrons. The summed E-state index contributed by atoms with van der Waals surface area (Å²) in [6, 6.07) is 17.8. The molecule has 0 aliphatic carbocycles. The lowest BCUT2D eigenvalue weighted by Crippen LogP contribution is -2.42. The van der Waals surface area contributed by atoms with Gasteiger partial charge in [0.15, 0.2) is 0 Å². The standard InChI is InChI=1S/C26H29N3O5S/c1-19-8-10-20(11-9-19)18-35(32,33)29-14-12-21(13-15-29)25(30)28-24-7-3-2-6-23(24)26(31)27-17-22-5-4-16-34-22/h2-11,16,21H,12-15,17-18H2,1H3,(H,27,31)(H,28,30). The molecule has 0 unspecified atom stereocenters. The average Bonchev–Trinajstić information content (AvgIpc) is 3.38. The van der Waals surface area contributed by atoms with Crippen LogP contribution in [0.3, 0.4) is 0 Å². The fourth-order valence-electron chi connectivity index (χ4n) is 4.08. The summed E-state index contributed by atoms with van der Waals surface area (Å²) in [6.45, 7) is 2.78. The Balaban J connectivity index is 1.33. The number of amides is 2. The molecule has 0 spiro atoms. The summed E-state index contributed by atoms with van der Waals surface area (Å²) in [5.74, 6) is -0.296. The van der Waals surface area contributed by atoms with Gasteiger partial charge in [0, 0.05) is 19.0 Å². The van der Waals surface area contributed by atoms with Crippen LogP contribution < -0.4 is 10.6 Å². The van der Waals surface area contributed by atoms with Crippen molar-refractivity contribution in [3.63, 3.8) is 0 Å². The molecule has 4 rings (SSSR count). The fourth-order valence-corrected chi connectivity index (χ4v) is 5.65. The molecule has 1 aliphatic rings. The smallest absolute Gasteiger partial charge is 0.253 e. The number of sulfonamides is 1. The number of nitrogens with one attached hydrogen (secondary N) is 2. The van der Waals surface area contributed by atoms with Crippen molar-refractivity contribution in [2.75, 3.05) is 18.4 Å². The maximum absolute atomic E-state index is 12.9. The van der Waals surface area contributed by atoms with Crippen molar-refractivity contribution in [3.8, 4) is 0 Å². The van der Waals surface area contributed by atoms with Crippen LogP contribution in [-0.4, -0.2) is 37.6 Å². The fraction of sp³-hybridized carbons (Fsp3) is 0.308. The van der Waals surface area contributed by atoms with Crippen LogP contribution >= 0.6 is 0 Å². The predicted octanol–water partition coefficient (Wildman–Crippen LogP) is 3.70. The number of aryl methyl sites for hydroxylation is 1. The molecule has 3 aromatic rings. The van der Waals surface area contributed by atoms with Gasteiger partial charge in [-0.05, 0) is 49.6 Å². The van der Waals surface area contributed by atoms with E-state index in [0.29, 0.717) is 29.9 Å². The van der Waals surface area contributed by atoms with Crippen molar-refractivity contribution in [1.82, 2.24) is 9.62 Å². The minimum absolute atomic E-state index is 0.0510. The molecule has 35 heavy (non-hydrogen) atoms. The summed E-state index contributed by atoms with van der Waals surface area (Å²) >= 11 is 0. The van der Waals surface area contributed by atoms with E-state index in [-0.39, 0.29) is 43.1 Å². The van der Waals surface area contributed by atoms with Gasteiger partial charge in [-0.25, -0.2) is 12.7 Å². The summed E-state index contributed by atoms with van der Waals surface area (Å²) in [4.78, 5) is 25.6. The molecular formula is C26H29N3O5S. The van der Waals surface area contributed by atoms with Gasteiger partial charge in [0.1, 0.15) is 5.76 Å². The Bertz CT molecular complexity index is 1260. The molecule has 2 amide bonds. The van der Waals surface area contributed by atoms with Gasteiger partial charge in [-0.2, -0.15) is 0 Å². The first-order valence-corrected chi connectivity index (χ1v) is 13.2. The Labute approximate surface area is 205 Å². The molecule has 1 aliphatic heterocycles. The van der Waals surface area contributed by atoms with Crippen LogP contribution in [0.4, 0.5) is 5.69 Å². The highest BCUT2D eigenvalue weighted by Gasteiger charge is 2.31. The van der Waals surface area contributed by atoms with E-state index in [4.69, 9.17) is 4.42 Å². The Kier molecular flexibility index (Phi) is 7.67. The highest BCUT2D eigenvalue weighted by molar-refractivity contribution is 7.88. The van der Waals surface area contributed by atoms with Gasteiger partial charge in [0.25, 0.3) is 5.91 Å². The normalized spacial score (nSPS) is 15.0. The number of anilines is 1. The topological polar surface area (TPSA) is 109 Å². The highest BCUT2D eigenvalue weighted by atomic mass is 32.2. The lowest BCUT2D eigenvalue weighted by molar-refractivity contribution is -0.120. The lowest BCUT2D eigenvalue weighted by Gasteiger charge is -2.30. The second-order valence-electron chi connectivity index (χ2n) is 8.71. The van der Waals surface area contributed by atoms with Gasteiger partial charge in [-0.15, -0.1) is 0 Å². The molecule has 1 saturated heterocycles. The van der Waals surface area contributed by atoms with Crippen molar-refractivity contribution in [2.45, 2.75) is 32.1 Å². The van der Waals surface area contributed by atoms with Crippen molar-refractivity contribution in [2.24, 2.45) is 5.92 Å². The van der Waals surface area contributed by atoms with E-state index in [1.54, 1.807) is 36.4 Å². The van der Waals surface area contributed by atoms with Crippen molar-refractivity contribution in [3.05, 3.63) is 89.4 Å². The zero-order chi connectivity index (χ0) is 24.8. The van der Waals surface area contributed by atoms with Gasteiger partial charge in [0.2, 0.25) is 15.9 Å². The number of carbonyl (C=O) groups excluding carboxylic acids is 2. The van der Waals surface area contributed by atoms with Gasteiger partial charge >= 0.3 is 0 Å². The summed E-state index contributed by atoms with van der Waals surface area (Å²) in [6.07, 6.45) is 2.38. The number of hydrogen-bond donors (Lipinski definition) is 2. The maximum atomic E-state index is 12.9. The molecule has 2 heterocycles. The lowest BCUT2D eigenvalue weighted by atomic mass is 9.97. The molecule has 0 atom stereocenters. The van der Waals surface area contributed by atoms with Crippen molar-refractivity contribution < 1.29 is 22.4 Å². The summed E-state index contributed by atoms with van der Waals surface area (Å²) in [5, 5.41) is 5.64. The third kappa shape index (κ3) is 6.37. The van der Waals surface area contributed by atoms with Crippen LogP contribution in [0.5, 0.6) is 0 Å². The zero-order valence-electron chi connectivity index (χ0n) is 19.6. The van der Waals surface area contributed by atoms with E-state index in [1.807, 2.05) is 31.2 Å². The summed E-state index contributed by atoms with van der Waals surface area (Å²) in [5.41, 5.74) is 2.60. The molecule has 9 heteroatoms. The van der Waals surface area contributed by atoms with Crippen LogP contribution in [0, 0.1) is 12.8 Å². The van der Waals surface area contributed by atoms with Gasteiger partial charge in [0.05, 0.1) is 29.8 Å². The Morgan fingerprint density at radius 1 is 1.00 bits per heavy atom. The first kappa shape index (κ1) is 24.7. The third-order valence-electron chi connectivity index (χ3n) is 6.12. The molecule has 2 aromatic carbocycles. The van der Waals surface area contributed by atoms with E-state index in [9.17, 15) is 18.0 Å². The zero-order valence-corrected chi connectivity index (χ0v) is 20.4. The largest absolute Gasteiger partial charge is 0.467 e. The maximum Gasteiger partial charge on any atom is 0.253 e. The summed E-state index contributed by atoms with van der Waals surface area (Å²) in [7, 11) is -3.46. The number of rotatable bonds is 8. The van der Waals surface area contributed by atoms with Crippen LogP contribution in [0.2, 0.25) is 0 Å². The van der Waals surface area contributed by atoms with Crippen LogP contribution in [-0.2, 0) is 27.1 Å². The van der Waals surface area contributed by atoms with Crippen LogP contribution in [0.1, 0.15) is 40.1 Å². The molecular weight excluding hydrogens is 466 g/mol. The highest BCUT2D eigenvalue weighted by Crippen LogP contribution is 2.24. The molecule has 0 radical (unpaired) electrons. The van der Waals surface area contributed by atoms with E-state index in [1.165, 1.54) is 10.6 Å². The summed E-state index contributed by atoms with van der Waals surface area (Å²) < 4.78 is 32.4. The quantitative estimate of drug-likeness (QED) is 0.495. The molecule has 1 aromatic heterocycles. The first-order chi connectivity index (χ1) is 16.8. The molecule has 0 saturated carbocycles. The van der Waals surface area contributed by atoms with Crippen LogP contribution in [0.25, 0.3) is 0 Å². The van der Waals surface area contributed by atoms with Crippen LogP contribution in [0.15, 0.2) is 71.3 Å². The minimum atomic E-state index is -3.46. The number of furan rings is 1. The monoisotopic (exact) mass is 495 g/mol. The van der Waals surface area contributed by atoms with E-state index in [0.717, 1.165) is 11.1 Å². The van der Waals surface area contributed by atoms with Gasteiger partial charge in [-0.1, -0.05) is 42.0 Å². The number of hydrogen-bond acceptors (Lipinski definition) is 5. The Morgan fingerprint density at radius 3 is 2.40 bits per heavy atom. The van der Waals surface area contributed by atoms with Gasteiger partial charge in [-0.3, -0.25) is 9.59 Å². The number of para-hydroxylation sites is 1. The van der Waals surface area contributed by atoms with E-state index < -0.39 is 10.0 Å². The number of nitrogens with zero attached hydrogens (tertiary/aromatic N) is 1. The van der Waals surface area contributed by atoms with Gasteiger partial charge < -0.3 is 15.1 Å².